The van der Waals surface area contributed by atoms with Crippen molar-refractivity contribution in [2.45, 2.75) is 19.8 Å². The number of aliphatic hydroxyl groups excluding tert-OH is 1. The van der Waals surface area contributed by atoms with Gasteiger partial charge < -0.3 is 15.6 Å². The standard InChI is InChI=1S/C14H16N2O2/c15-8-13-7-12(5-6-16-13)10-18-14-3-1-11(9-17)2-4-14/h1-7,17H,8-10,15H2. The molecule has 2 aromatic rings. The van der Waals surface area contributed by atoms with Gasteiger partial charge in [-0.15, -0.1) is 0 Å². The number of hydrogen-bond donors (Lipinski definition) is 2. The highest BCUT2D eigenvalue weighted by molar-refractivity contribution is 5.27. The minimum absolute atomic E-state index is 0.0461. The Labute approximate surface area is 106 Å². The summed E-state index contributed by atoms with van der Waals surface area (Å²) >= 11 is 0. The van der Waals surface area contributed by atoms with Crippen molar-refractivity contribution in [3.63, 3.8) is 0 Å². The van der Waals surface area contributed by atoms with Gasteiger partial charge >= 0.3 is 0 Å². The number of aromatic nitrogens is 1. The van der Waals surface area contributed by atoms with E-state index in [9.17, 15) is 0 Å². The first-order valence-electron chi connectivity index (χ1n) is 5.78. The van der Waals surface area contributed by atoms with Crippen LogP contribution in [0.4, 0.5) is 0 Å². The van der Waals surface area contributed by atoms with Crippen LogP contribution >= 0.6 is 0 Å². The molecule has 4 nitrogen and oxygen atoms in total. The zero-order valence-electron chi connectivity index (χ0n) is 10.0. The molecule has 0 radical (unpaired) electrons. The highest BCUT2D eigenvalue weighted by atomic mass is 16.5. The second-order valence-corrected chi connectivity index (χ2v) is 3.95. The van der Waals surface area contributed by atoms with Crippen molar-refractivity contribution in [3.05, 3.63) is 59.4 Å². The Kier molecular flexibility index (Phi) is 4.28. The van der Waals surface area contributed by atoms with Crippen LogP contribution in [0.15, 0.2) is 42.6 Å². The SMILES string of the molecule is NCc1cc(COc2ccc(CO)cc2)ccn1. The van der Waals surface area contributed by atoms with E-state index in [0.29, 0.717) is 13.2 Å². The molecular weight excluding hydrogens is 228 g/mol. The van der Waals surface area contributed by atoms with E-state index >= 15 is 0 Å². The lowest BCUT2D eigenvalue weighted by Crippen LogP contribution is -2.02. The molecule has 3 N–H and O–H groups in total. The first kappa shape index (κ1) is 12.5. The fourth-order valence-electron chi connectivity index (χ4n) is 1.59. The third kappa shape index (κ3) is 3.29. The lowest BCUT2D eigenvalue weighted by molar-refractivity contribution is 0.280. The van der Waals surface area contributed by atoms with Gasteiger partial charge in [0.1, 0.15) is 12.4 Å². The maximum absolute atomic E-state index is 8.93. The number of ether oxygens (including phenoxy) is 1. The normalized spacial score (nSPS) is 10.3. The quantitative estimate of drug-likeness (QED) is 0.838. The van der Waals surface area contributed by atoms with Crippen LogP contribution in [0, 0.1) is 0 Å². The summed E-state index contributed by atoms with van der Waals surface area (Å²) in [4.78, 5) is 4.13. The second kappa shape index (κ2) is 6.14. The molecule has 0 aliphatic rings. The van der Waals surface area contributed by atoms with Crippen molar-refractivity contribution in [2.24, 2.45) is 5.73 Å². The monoisotopic (exact) mass is 244 g/mol. The highest BCUT2D eigenvalue weighted by Gasteiger charge is 1.98. The molecule has 0 saturated carbocycles. The van der Waals surface area contributed by atoms with Crippen molar-refractivity contribution in [3.8, 4) is 5.75 Å². The average molecular weight is 244 g/mol. The lowest BCUT2D eigenvalue weighted by atomic mass is 10.2. The Bertz CT molecular complexity index is 497. The Balaban J connectivity index is 1.97. The molecule has 0 amide bonds. The van der Waals surface area contributed by atoms with Crippen molar-refractivity contribution < 1.29 is 9.84 Å². The summed E-state index contributed by atoms with van der Waals surface area (Å²) in [5, 5.41) is 8.93. The Morgan fingerprint density at radius 2 is 1.89 bits per heavy atom. The molecule has 0 aliphatic heterocycles. The predicted octanol–water partition coefficient (Wildman–Crippen LogP) is 1.61. The predicted molar refractivity (Wildman–Crippen MR) is 68.8 cm³/mol. The van der Waals surface area contributed by atoms with Gasteiger partial charge in [0.25, 0.3) is 0 Å². The smallest absolute Gasteiger partial charge is 0.119 e. The first-order chi connectivity index (χ1) is 8.81. The van der Waals surface area contributed by atoms with Crippen LogP contribution in [0.25, 0.3) is 0 Å². The molecule has 2 rings (SSSR count). The van der Waals surface area contributed by atoms with Gasteiger partial charge in [0, 0.05) is 12.7 Å². The van der Waals surface area contributed by atoms with Gasteiger partial charge in [0.2, 0.25) is 0 Å². The summed E-state index contributed by atoms with van der Waals surface area (Å²) in [5.41, 5.74) is 8.29. The molecule has 0 fully saturated rings. The maximum atomic E-state index is 8.93. The van der Waals surface area contributed by atoms with E-state index in [1.54, 1.807) is 6.20 Å². The zero-order chi connectivity index (χ0) is 12.8. The Morgan fingerprint density at radius 1 is 1.11 bits per heavy atom. The van der Waals surface area contributed by atoms with Crippen LogP contribution in [-0.2, 0) is 19.8 Å². The van der Waals surface area contributed by atoms with E-state index in [4.69, 9.17) is 15.6 Å². The number of benzene rings is 1. The molecule has 94 valence electrons. The first-order valence-corrected chi connectivity index (χ1v) is 5.78. The van der Waals surface area contributed by atoms with Crippen molar-refractivity contribution in [2.75, 3.05) is 0 Å². The van der Waals surface area contributed by atoms with E-state index in [0.717, 1.165) is 22.6 Å². The summed E-state index contributed by atoms with van der Waals surface area (Å²) in [6.07, 6.45) is 1.73. The Hall–Kier alpha value is -1.91. The number of aliphatic hydroxyl groups is 1. The van der Waals surface area contributed by atoms with E-state index in [1.165, 1.54) is 0 Å². The van der Waals surface area contributed by atoms with E-state index in [1.807, 2.05) is 36.4 Å². The van der Waals surface area contributed by atoms with Gasteiger partial charge in [-0.2, -0.15) is 0 Å². The van der Waals surface area contributed by atoms with Crippen LogP contribution in [0.2, 0.25) is 0 Å². The van der Waals surface area contributed by atoms with Crippen LogP contribution in [0.3, 0.4) is 0 Å². The number of hydrogen-bond acceptors (Lipinski definition) is 4. The van der Waals surface area contributed by atoms with Crippen LogP contribution in [0.1, 0.15) is 16.8 Å². The molecule has 1 aromatic heterocycles. The minimum atomic E-state index is 0.0461. The number of pyridine rings is 1. The van der Waals surface area contributed by atoms with Crippen molar-refractivity contribution in [1.82, 2.24) is 4.98 Å². The van der Waals surface area contributed by atoms with Crippen LogP contribution in [-0.4, -0.2) is 10.1 Å². The summed E-state index contributed by atoms with van der Waals surface area (Å²) in [7, 11) is 0. The molecule has 0 spiro atoms. The molecule has 0 unspecified atom stereocenters. The van der Waals surface area contributed by atoms with Gasteiger partial charge in [-0.25, -0.2) is 0 Å². The maximum Gasteiger partial charge on any atom is 0.119 e. The molecule has 18 heavy (non-hydrogen) atoms. The number of nitrogens with zero attached hydrogens (tertiary/aromatic N) is 1. The van der Waals surface area contributed by atoms with Gasteiger partial charge in [-0.3, -0.25) is 4.98 Å². The molecule has 1 heterocycles. The zero-order valence-corrected chi connectivity index (χ0v) is 10.0. The molecule has 1 aromatic carbocycles. The molecule has 0 atom stereocenters. The number of nitrogens with two attached hydrogens (primary N) is 1. The third-order valence-electron chi connectivity index (χ3n) is 2.60. The van der Waals surface area contributed by atoms with Gasteiger partial charge in [-0.1, -0.05) is 12.1 Å². The average Bonchev–Trinajstić information content (AvgIpc) is 2.46. The third-order valence-corrected chi connectivity index (χ3v) is 2.60. The molecule has 4 heteroatoms. The molecule has 0 bridgehead atoms. The lowest BCUT2D eigenvalue weighted by Gasteiger charge is -2.07. The largest absolute Gasteiger partial charge is 0.489 e. The molecule has 0 aliphatic carbocycles. The summed E-state index contributed by atoms with van der Waals surface area (Å²) in [6, 6.07) is 11.2. The Morgan fingerprint density at radius 3 is 2.56 bits per heavy atom. The van der Waals surface area contributed by atoms with E-state index < -0.39 is 0 Å². The van der Waals surface area contributed by atoms with Gasteiger partial charge in [-0.05, 0) is 35.4 Å². The van der Waals surface area contributed by atoms with Crippen LogP contribution in [0.5, 0.6) is 5.75 Å². The topological polar surface area (TPSA) is 68.4 Å². The van der Waals surface area contributed by atoms with E-state index in [2.05, 4.69) is 4.98 Å². The van der Waals surface area contributed by atoms with Crippen LogP contribution < -0.4 is 10.5 Å². The fraction of sp³-hybridized carbons (Fsp3) is 0.214. The minimum Gasteiger partial charge on any atom is -0.489 e. The second-order valence-electron chi connectivity index (χ2n) is 3.95. The van der Waals surface area contributed by atoms with E-state index in [-0.39, 0.29) is 6.61 Å². The van der Waals surface area contributed by atoms with Crippen molar-refractivity contribution >= 4 is 0 Å². The van der Waals surface area contributed by atoms with Crippen molar-refractivity contribution in [1.29, 1.82) is 0 Å². The van der Waals surface area contributed by atoms with Gasteiger partial charge in [0.15, 0.2) is 0 Å². The molecule has 0 saturated heterocycles. The highest BCUT2D eigenvalue weighted by Crippen LogP contribution is 2.14. The summed E-state index contributed by atoms with van der Waals surface area (Å²) in [5.74, 6) is 0.776. The summed E-state index contributed by atoms with van der Waals surface area (Å²) < 4.78 is 5.64. The molecular formula is C14H16N2O2. The summed E-state index contributed by atoms with van der Waals surface area (Å²) in [6.45, 7) is 0.956. The number of rotatable bonds is 5. The fourth-order valence-corrected chi connectivity index (χ4v) is 1.59. The van der Waals surface area contributed by atoms with Gasteiger partial charge in [0.05, 0.1) is 12.3 Å².